The minimum atomic E-state index is -0.302. The molecule has 1 aliphatic heterocycles. The van der Waals surface area contributed by atoms with Crippen LogP contribution in [-0.4, -0.2) is 28.5 Å². The number of rotatable bonds is 4. The molecule has 1 atom stereocenters. The average Bonchev–Trinajstić information content (AvgIpc) is 3.04. The number of nitrogens with zero attached hydrogens (tertiary/aromatic N) is 1. The number of aromatic amines is 1. The SMILES string of the molecule is O=C(CC1CCCN1)NCc1nc2ccc(F)cc2[nH]1. The third-order valence-corrected chi connectivity index (χ3v) is 3.54. The third kappa shape index (κ3) is 2.96. The van der Waals surface area contributed by atoms with Gasteiger partial charge in [0.05, 0.1) is 17.6 Å². The molecular weight excluding hydrogens is 259 g/mol. The van der Waals surface area contributed by atoms with Crippen molar-refractivity contribution in [3.05, 3.63) is 29.8 Å². The number of carbonyl (C=O) groups excluding carboxylic acids is 1. The minimum Gasteiger partial charge on any atom is -0.349 e. The lowest BCUT2D eigenvalue weighted by molar-refractivity contribution is -0.121. The molecule has 0 aliphatic carbocycles. The lowest BCUT2D eigenvalue weighted by atomic mass is 10.1. The normalized spacial score (nSPS) is 18.6. The summed E-state index contributed by atoms with van der Waals surface area (Å²) in [7, 11) is 0. The van der Waals surface area contributed by atoms with Gasteiger partial charge in [-0.3, -0.25) is 4.79 Å². The van der Waals surface area contributed by atoms with E-state index in [4.69, 9.17) is 0 Å². The molecule has 2 aromatic rings. The van der Waals surface area contributed by atoms with Crippen LogP contribution in [0.4, 0.5) is 4.39 Å². The second kappa shape index (κ2) is 5.58. The van der Waals surface area contributed by atoms with Crippen LogP contribution in [0.1, 0.15) is 25.1 Å². The summed E-state index contributed by atoms with van der Waals surface area (Å²) < 4.78 is 13.1. The Balaban J connectivity index is 1.57. The standard InChI is InChI=1S/C14H17FN4O/c15-9-3-4-11-12(6-9)19-13(18-11)8-17-14(20)7-10-2-1-5-16-10/h3-4,6,10,16H,1-2,5,7-8H2,(H,17,20)(H,18,19). The van der Waals surface area contributed by atoms with Gasteiger partial charge in [-0.15, -0.1) is 0 Å². The molecule has 2 heterocycles. The molecule has 0 saturated carbocycles. The van der Waals surface area contributed by atoms with Crippen LogP contribution in [0.25, 0.3) is 11.0 Å². The summed E-state index contributed by atoms with van der Waals surface area (Å²) in [6.07, 6.45) is 2.68. The Morgan fingerprint density at radius 3 is 3.20 bits per heavy atom. The number of hydrogen-bond acceptors (Lipinski definition) is 3. The van der Waals surface area contributed by atoms with Crippen LogP contribution in [0.5, 0.6) is 0 Å². The summed E-state index contributed by atoms with van der Waals surface area (Å²) >= 11 is 0. The molecule has 106 valence electrons. The molecule has 1 saturated heterocycles. The largest absolute Gasteiger partial charge is 0.349 e. The lowest BCUT2D eigenvalue weighted by Crippen LogP contribution is -2.31. The van der Waals surface area contributed by atoms with E-state index in [2.05, 4.69) is 20.6 Å². The fourth-order valence-electron chi connectivity index (χ4n) is 2.53. The molecule has 1 aromatic carbocycles. The number of carbonyl (C=O) groups is 1. The van der Waals surface area contributed by atoms with E-state index in [1.54, 1.807) is 6.07 Å². The lowest BCUT2D eigenvalue weighted by Gasteiger charge is -2.09. The highest BCUT2D eigenvalue weighted by Crippen LogP contribution is 2.13. The maximum Gasteiger partial charge on any atom is 0.221 e. The fourth-order valence-corrected chi connectivity index (χ4v) is 2.53. The van der Waals surface area contributed by atoms with Crippen molar-refractivity contribution in [1.82, 2.24) is 20.6 Å². The molecule has 6 heteroatoms. The monoisotopic (exact) mass is 276 g/mol. The average molecular weight is 276 g/mol. The van der Waals surface area contributed by atoms with E-state index >= 15 is 0 Å². The van der Waals surface area contributed by atoms with Gasteiger partial charge in [0.25, 0.3) is 0 Å². The molecule has 5 nitrogen and oxygen atoms in total. The first-order valence-corrected chi connectivity index (χ1v) is 6.85. The number of benzene rings is 1. The van der Waals surface area contributed by atoms with Crippen LogP contribution in [0.3, 0.4) is 0 Å². The molecule has 3 rings (SSSR count). The van der Waals surface area contributed by atoms with Gasteiger partial charge in [-0.25, -0.2) is 9.37 Å². The van der Waals surface area contributed by atoms with E-state index in [0.717, 1.165) is 19.4 Å². The molecular formula is C14H17FN4O. The predicted octanol–water partition coefficient (Wildman–Crippen LogP) is 1.46. The van der Waals surface area contributed by atoms with Gasteiger partial charge in [-0.2, -0.15) is 0 Å². The topological polar surface area (TPSA) is 69.8 Å². The smallest absolute Gasteiger partial charge is 0.221 e. The summed E-state index contributed by atoms with van der Waals surface area (Å²) in [5.74, 6) is 0.346. The molecule has 1 amide bonds. The molecule has 1 aliphatic rings. The Morgan fingerprint density at radius 1 is 1.50 bits per heavy atom. The van der Waals surface area contributed by atoms with E-state index in [0.29, 0.717) is 35.9 Å². The Bertz CT molecular complexity index is 619. The van der Waals surface area contributed by atoms with E-state index in [1.807, 2.05) is 0 Å². The van der Waals surface area contributed by atoms with Crippen molar-refractivity contribution in [3.8, 4) is 0 Å². The molecule has 20 heavy (non-hydrogen) atoms. The first-order valence-electron chi connectivity index (χ1n) is 6.85. The van der Waals surface area contributed by atoms with Gasteiger partial charge in [-0.1, -0.05) is 0 Å². The summed E-state index contributed by atoms with van der Waals surface area (Å²) in [6.45, 7) is 1.33. The molecule has 1 aromatic heterocycles. The Morgan fingerprint density at radius 2 is 2.40 bits per heavy atom. The first-order chi connectivity index (χ1) is 9.70. The van der Waals surface area contributed by atoms with Gasteiger partial charge in [0, 0.05) is 12.5 Å². The highest BCUT2D eigenvalue weighted by atomic mass is 19.1. The molecule has 0 spiro atoms. The van der Waals surface area contributed by atoms with Gasteiger partial charge in [0.15, 0.2) is 0 Å². The minimum absolute atomic E-state index is 0.0102. The highest BCUT2D eigenvalue weighted by Gasteiger charge is 2.17. The van der Waals surface area contributed by atoms with Crippen LogP contribution in [0.2, 0.25) is 0 Å². The van der Waals surface area contributed by atoms with Crippen molar-refractivity contribution in [2.24, 2.45) is 0 Å². The number of halogens is 1. The van der Waals surface area contributed by atoms with E-state index < -0.39 is 0 Å². The summed E-state index contributed by atoms with van der Waals surface area (Å²) in [6, 6.07) is 4.68. The number of aromatic nitrogens is 2. The Hall–Kier alpha value is -1.95. The maximum atomic E-state index is 13.1. The number of imidazole rings is 1. The van der Waals surface area contributed by atoms with Crippen LogP contribution in [0, 0.1) is 5.82 Å². The molecule has 0 bridgehead atoms. The second-order valence-corrected chi connectivity index (χ2v) is 5.12. The molecule has 1 unspecified atom stereocenters. The summed E-state index contributed by atoms with van der Waals surface area (Å²) in [4.78, 5) is 19.1. The number of fused-ring (bicyclic) bond motifs is 1. The van der Waals surface area contributed by atoms with Crippen molar-refractivity contribution >= 4 is 16.9 Å². The number of amides is 1. The zero-order chi connectivity index (χ0) is 13.9. The Kier molecular flexibility index (Phi) is 3.64. The van der Waals surface area contributed by atoms with Crippen molar-refractivity contribution in [2.75, 3.05) is 6.54 Å². The van der Waals surface area contributed by atoms with Crippen molar-refractivity contribution in [2.45, 2.75) is 31.8 Å². The fraction of sp³-hybridized carbons (Fsp3) is 0.429. The van der Waals surface area contributed by atoms with Crippen molar-refractivity contribution < 1.29 is 9.18 Å². The van der Waals surface area contributed by atoms with Gasteiger partial charge < -0.3 is 15.6 Å². The van der Waals surface area contributed by atoms with Crippen LogP contribution >= 0.6 is 0 Å². The summed E-state index contributed by atoms with van der Waals surface area (Å²) in [5, 5.41) is 6.12. The molecule has 3 N–H and O–H groups in total. The molecule has 1 fully saturated rings. The number of hydrogen-bond donors (Lipinski definition) is 3. The van der Waals surface area contributed by atoms with E-state index in [1.165, 1.54) is 12.1 Å². The quantitative estimate of drug-likeness (QED) is 0.792. The van der Waals surface area contributed by atoms with E-state index in [9.17, 15) is 9.18 Å². The van der Waals surface area contributed by atoms with Gasteiger partial charge in [0.1, 0.15) is 11.6 Å². The third-order valence-electron chi connectivity index (χ3n) is 3.54. The second-order valence-electron chi connectivity index (χ2n) is 5.12. The van der Waals surface area contributed by atoms with E-state index in [-0.39, 0.29) is 11.7 Å². The number of nitrogens with one attached hydrogen (secondary N) is 3. The number of H-pyrrole nitrogens is 1. The van der Waals surface area contributed by atoms with Crippen LogP contribution < -0.4 is 10.6 Å². The van der Waals surface area contributed by atoms with Gasteiger partial charge >= 0.3 is 0 Å². The first kappa shape index (κ1) is 13.1. The van der Waals surface area contributed by atoms with Gasteiger partial charge in [0.2, 0.25) is 5.91 Å². The zero-order valence-electron chi connectivity index (χ0n) is 11.1. The molecule has 0 radical (unpaired) electrons. The van der Waals surface area contributed by atoms with Crippen LogP contribution in [-0.2, 0) is 11.3 Å². The highest BCUT2D eigenvalue weighted by molar-refractivity contribution is 5.77. The predicted molar refractivity (Wildman–Crippen MR) is 73.5 cm³/mol. The van der Waals surface area contributed by atoms with Crippen molar-refractivity contribution in [3.63, 3.8) is 0 Å². The maximum absolute atomic E-state index is 13.1. The zero-order valence-corrected chi connectivity index (χ0v) is 11.1. The van der Waals surface area contributed by atoms with Crippen LogP contribution in [0.15, 0.2) is 18.2 Å². The van der Waals surface area contributed by atoms with Gasteiger partial charge in [-0.05, 0) is 37.6 Å². The van der Waals surface area contributed by atoms with Crippen molar-refractivity contribution in [1.29, 1.82) is 0 Å². The Labute approximate surface area is 116 Å². The summed E-state index contributed by atoms with van der Waals surface area (Å²) in [5.41, 5.74) is 1.35.